The van der Waals surface area contributed by atoms with Crippen LogP contribution in [0.25, 0.3) is 0 Å². The minimum atomic E-state index is -0.430. The molecule has 0 aliphatic rings. The summed E-state index contributed by atoms with van der Waals surface area (Å²) in [6, 6.07) is 6.40. The second kappa shape index (κ2) is 5.92. The summed E-state index contributed by atoms with van der Waals surface area (Å²) in [4.78, 5) is 23.2. The number of nitrogens with one attached hydrogen (secondary N) is 2. The molecule has 0 saturated heterocycles. The predicted molar refractivity (Wildman–Crippen MR) is 72.5 cm³/mol. The van der Waals surface area contributed by atoms with E-state index < -0.39 is 11.8 Å². The van der Waals surface area contributed by atoms with Crippen molar-refractivity contribution in [3.8, 4) is 5.75 Å². The minimum Gasteiger partial charge on any atom is -0.506 e. The molecule has 0 bridgehead atoms. The van der Waals surface area contributed by atoms with Crippen molar-refractivity contribution >= 4 is 17.5 Å². The highest BCUT2D eigenvalue weighted by atomic mass is 16.3. The van der Waals surface area contributed by atoms with E-state index >= 15 is 0 Å². The van der Waals surface area contributed by atoms with Crippen LogP contribution in [0.2, 0.25) is 0 Å². The number of rotatable bonds is 4. The first-order valence-electron chi connectivity index (χ1n) is 5.96. The Hall–Kier alpha value is -2.76. The zero-order valence-corrected chi connectivity index (χ0v) is 10.8. The molecule has 0 atom stereocenters. The Morgan fingerprint density at radius 1 is 1.30 bits per heavy atom. The van der Waals surface area contributed by atoms with Gasteiger partial charge in [-0.15, -0.1) is 0 Å². The molecule has 0 fully saturated rings. The molecule has 1 heterocycles. The Bertz CT molecular complexity index is 620. The highest BCUT2D eigenvalue weighted by molar-refractivity contribution is 5.99. The molecular weight excluding hydrogens is 260 g/mol. The van der Waals surface area contributed by atoms with Crippen LogP contribution in [0.5, 0.6) is 5.75 Å². The van der Waals surface area contributed by atoms with E-state index in [2.05, 4.69) is 10.6 Å². The third-order valence-electron chi connectivity index (χ3n) is 2.62. The highest BCUT2D eigenvalue weighted by Crippen LogP contribution is 2.23. The van der Waals surface area contributed by atoms with Gasteiger partial charge in [0.05, 0.1) is 24.1 Å². The average molecular weight is 274 g/mol. The van der Waals surface area contributed by atoms with Crippen LogP contribution in [0.3, 0.4) is 0 Å². The molecule has 2 aromatic rings. The Morgan fingerprint density at radius 3 is 2.75 bits per heavy atom. The molecule has 2 rings (SSSR count). The van der Waals surface area contributed by atoms with Crippen LogP contribution in [0.1, 0.15) is 15.9 Å². The summed E-state index contributed by atoms with van der Waals surface area (Å²) in [5, 5.41) is 14.6. The summed E-state index contributed by atoms with van der Waals surface area (Å²) < 4.78 is 4.77. The number of benzene rings is 1. The summed E-state index contributed by atoms with van der Waals surface area (Å²) in [6.45, 7) is 1.63. The number of amides is 2. The van der Waals surface area contributed by atoms with E-state index in [-0.39, 0.29) is 12.3 Å². The lowest BCUT2D eigenvalue weighted by Gasteiger charge is -2.08. The third-order valence-corrected chi connectivity index (χ3v) is 2.62. The first-order chi connectivity index (χ1) is 9.56. The molecule has 0 radical (unpaired) electrons. The van der Waals surface area contributed by atoms with Gasteiger partial charge in [0.2, 0.25) is 5.91 Å². The predicted octanol–water partition coefficient (Wildman–Crippen LogP) is 1.66. The van der Waals surface area contributed by atoms with Crippen molar-refractivity contribution < 1.29 is 19.1 Å². The molecule has 104 valence electrons. The van der Waals surface area contributed by atoms with Crippen LogP contribution in [0.4, 0.5) is 5.69 Å². The van der Waals surface area contributed by atoms with Crippen molar-refractivity contribution in [1.82, 2.24) is 5.32 Å². The Morgan fingerprint density at radius 2 is 2.10 bits per heavy atom. The highest BCUT2D eigenvalue weighted by Gasteiger charge is 2.10. The van der Waals surface area contributed by atoms with E-state index in [0.717, 1.165) is 5.56 Å². The Labute approximate surface area is 115 Å². The lowest BCUT2D eigenvalue weighted by Crippen LogP contribution is -2.32. The molecule has 3 N–H and O–H groups in total. The minimum absolute atomic E-state index is 0.0143. The first kappa shape index (κ1) is 13.7. The number of furan rings is 1. The maximum Gasteiger partial charge on any atom is 0.254 e. The van der Waals surface area contributed by atoms with Crippen molar-refractivity contribution in [2.75, 3.05) is 11.9 Å². The standard InChI is InChI=1S/C14H14N2O4/c1-9-2-3-11(12(17)6-9)16-13(18)7-15-14(19)10-4-5-20-8-10/h2-6,8,17H,7H2,1H3,(H,15,19)(H,16,18). The Kier molecular flexibility index (Phi) is 4.05. The molecule has 1 aromatic heterocycles. The van der Waals surface area contributed by atoms with Gasteiger partial charge in [-0.25, -0.2) is 0 Å². The molecule has 0 aliphatic heterocycles. The second-order valence-electron chi connectivity index (χ2n) is 4.26. The number of hydrogen-bond acceptors (Lipinski definition) is 4. The second-order valence-corrected chi connectivity index (χ2v) is 4.26. The van der Waals surface area contributed by atoms with Gasteiger partial charge in [0, 0.05) is 0 Å². The van der Waals surface area contributed by atoms with Gasteiger partial charge in [0.25, 0.3) is 5.91 Å². The summed E-state index contributed by atoms with van der Waals surface area (Å²) in [5.74, 6) is -0.845. The molecule has 0 unspecified atom stereocenters. The topological polar surface area (TPSA) is 91.6 Å². The normalized spacial score (nSPS) is 10.1. The molecule has 6 nitrogen and oxygen atoms in total. The maximum atomic E-state index is 11.7. The first-order valence-corrected chi connectivity index (χ1v) is 5.96. The van der Waals surface area contributed by atoms with Gasteiger partial charge in [0.15, 0.2) is 0 Å². The monoisotopic (exact) mass is 274 g/mol. The van der Waals surface area contributed by atoms with E-state index in [1.165, 1.54) is 18.6 Å². The van der Waals surface area contributed by atoms with E-state index in [4.69, 9.17) is 4.42 Å². The Balaban J connectivity index is 1.88. The zero-order chi connectivity index (χ0) is 14.5. The molecular formula is C14H14N2O4. The van der Waals surface area contributed by atoms with Gasteiger partial charge in [-0.1, -0.05) is 6.07 Å². The van der Waals surface area contributed by atoms with Gasteiger partial charge in [-0.2, -0.15) is 0 Å². The van der Waals surface area contributed by atoms with E-state index in [9.17, 15) is 14.7 Å². The van der Waals surface area contributed by atoms with E-state index in [1.54, 1.807) is 18.2 Å². The van der Waals surface area contributed by atoms with Gasteiger partial charge >= 0.3 is 0 Å². The van der Waals surface area contributed by atoms with Crippen LogP contribution in [0, 0.1) is 6.92 Å². The largest absolute Gasteiger partial charge is 0.506 e. The lowest BCUT2D eigenvalue weighted by molar-refractivity contribution is -0.115. The van der Waals surface area contributed by atoms with E-state index in [0.29, 0.717) is 11.3 Å². The van der Waals surface area contributed by atoms with Crippen molar-refractivity contribution in [2.45, 2.75) is 6.92 Å². The number of carbonyl (C=O) groups is 2. The number of carbonyl (C=O) groups excluding carboxylic acids is 2. The number of anilines is 1. The number of phenolic OH excluding ortho intramolecular Hbond substituents is 1. The van der Waals surface area contributed by atoms with Crippen LogP contribution in [-0.2, 0) is 4.79 Å². The summed E-state index contributed by atoms with van der Waals surface area (Å²) in [6.07, 6.45) is 2.67. The van der Waals surface area contributed by atoms with Crippen molar-refractivity contribution in [3.05, 3.63) is 47.9 Å². The number of aryl methyl sites for hydroxylation is 1. The molecule has 0 saturated carbocycles. The lowest BCUT2D eigenvalue weighted by atomic mass is 10.2. The molecule has 0 spiro atoms. The molecule has 20 heavy (non-hydrogen) atoms. The SMILES string of the molecule is Cc1ccc(NC(=O)CNC(=O)c2ccoc2)c(O)c1. The van der Waals surface area contributed by atoms with Crippen molar-refractivity contribution in [1.29, 1.82) is 0 Å². The fourth-order valence-electron chi connectivity index (χ4n) is 1.60. The quantitative estimate of drug-likeness (QED) is 0.739. The summed E-state index contributed by atoms with van der Waals surface area (Å²) in [5.41, 5.74) is 1.53. The average Bonchev–Trinajstić information content (AvgIpc) is 2.93. The van der Waals surface area contributed by atoms with Gasteiger partial charge < -0.3 is 20.2 Å². The fourth-order valence-corrected chi connectivity index (χ4v) is 1.60. The fraction of sp³-hybridized carbons (Fsp3) is 0.143. The van der Waals surface area contributed by atoms with Crippen molar-refractivity contribution in [2.24, 2.45) is 0 Å². The summed E-state index contributed by atoms with van der Waals surface area (Å²) in [7, 11) is 0. The van der Waals surface area contributed by atoms with Crippen LogP contribution >= 0.6 is 0 Å². The van der Waals surface area contributed by atoms with Gasteiger partial charge in [0.1, 0.15) is 12.0 Å². The van der Waals surface area contributed by atoms with Gasteiger partial charge in [-0.05, 0) is 30.7 Å². The molecule has 0 aliphatic carbocycles. The smallest absolute Gasteiger partial charge is 0.254 e. The molecule has 6 heteroatoms. The van der Waals surface area contributed by atoms with Crippen molar-refractivity contribution in [3.63, 3.8) is 0 Å². The number of hydrogen-bond donors (Lipinski definition) is 3. The van der Waals surface area contributed by atoms with Gasteiger partial charge in [-0.3, -0.25) is 9.59 Å². The van der Waals surface area contributed by atoms with Crippen LogP contribution in [-0.4, -0.2) is 23.5 Å². The van der Waals surface area contributed by atoms with Crippen LogP contribution in [0.15, 0.2) is 41.2 Å². The maximum absolute atomic E-state index is 11.7. The molecule has 2 amide bonds. The molecule has 1 aromatic carbocycles. The summed E-state index contributed by atoms with van der Waals surface area (Å²) >= 11 is 0. The number of phenols is 1. The third kappa shape index (κ3) is 3.38. The van der Waals surface area contributed by atoms with E-state index in [1.807, 2.05) is 6.92 Å². The van der Waals surface area contributed by atoms with Crippen LogP contribution < -0.4 is 10.6 Å². The number of aromatic hydroxyl groups is 1. The zero-order valence-electron chi connectivity index (χ0n) is 10.8.